The molecule has 5 unspecified atom stereocenters. The van der Waals surface area contributed by atoms with Crippen molar-refractivity contribution < 1.29 is 4.74 Å². The molecule has 18 heavy (non-hydrogen) atoms. The molecule has 104 valence electrons. The summed E-state index contributed by atoms with van der Waals surface area (Å²) in [5.74, 6) is 3.80. The molecule has 3 fully saturated rings. The lowest BCUT2D eigenvalue weighted by molar-refractivity contribution is -0.00498. The van der Waals surface area contributed by atoms with E-state index < -0.39 is 0 Å². The molecule has 3 rings (SSSR count). The van der Waals surface area contributed by atoms with Crippen LogP contribution in [0.4, 0.5) is 0 Å². The zero-order valence-electron chi connectivity index (χ0n) is 12.0. The highest BCUT2D eigenvalue weighted by Crippen LogP contribution is 2.51. The predicted octanol–water partition coefficient (Wildman–Crippen LogP) is 3.22. The van der Waals surface area contributed by atoms with Crippen molar-refractivity contribution >= 4 is 0 Å². The molecule has 2 bridgehead atoms. The quantitative estimate of drug-likeness (QED) is 0.750. The fourth-order valence-corrected chi connectivity index (χ4v) is 4.63. The Morgan fingerprint density at radius 1 is 1.11 bits per heavy atom. The third kappa shape index (κ3) is 2.46. The molecule has 1 N–H and O–H groups in total. The van der Waals surface area contributed by atoms with E-state index in [0.717, 1.165) is 36.8 Å². The summed E-state index contributed by atoms with van der Waals surface area (Å²) >= 11 is 0. The van der Waals surface area contributed by atoms with Gasteiger partial charge in [-0.15, -0.1) is 0 Å². The van der Waals surface area contributed by atoms with Crippen LogP contribution in [0.25, 0.3) is 0 Å². The second-order valence-corrected chi connectivity index (χ2v) is 6.68. The smallest absolute Gasteiger partial charge is 0.0758 e. The van der Waals surface area contributed by atoms with E-state index in [2.05, 4.69) is 19.2 Å². The third-order valence-electron chi connectivity index (χ3n) is 5.49. The SMILES string of the molecule is CCNC(C1CC2CCC1C2)C(OCC)C1CC1. The first-order valence-corrected chi connectivity index (χ1v) is 8.18. The highest BCUT2D eigenvalue weighted by molar-refractivity contribution is 5.01. The highest BCUT2D eigenvalue weighted by atomic mass is 16.5. The van der Waals surface area contributed by atoms with Crippen LogP contribution in [0.5, 0.6) is 0 Å². The molecule has 0 heterocycles. The highest BCUT2D eigenvalue weighted by Gasteiger charge is 2.48. The van der Waals surface area contributed by atoms with Crippen LogP contribution in [0.15, 0.2) is 0 Å². The van der Waals surface area contributed by atoms with Gasteiger partial charge in [-0.1, -0.05) is 13.3 Å². The summed E-state index contributed by atoms with van der Waals surface area (Å²) in [4.78, 5) is 0. The standard InChI is InChI=1S/C16H29NO/c1-3-17-15(16(18-4-2)12-7-8-12)14-10-11-5-6-13(14)9-11/h11-17H,3-10H2,1-2H3. The summed E-state index contributed by atoms with van der Waals surface area (Å²) in [7, 11) is 0. The zero-order valence-corrected chi connectivity index (χ0v) is 12.0. The molecular formula is C16H29NO. The van der Waals surface area contributed by atoms with Crippen LogP contribution in [0, 0.1) is 23.7 Å². The number of hydrogen-bond acceptors (Lipinski definition) is 2. The van der Waals surface area contributed by atoms with Crippen molar-refractivity contribution in [2.24, 2.45) is 23.7 Å². The summed E-state index contributed by atoms with van der Waals surface area (Å²) in [5, 5.41) is 3.79. The minimum atomic E-state index is 0.499. The summed E-state index contributed by atoms with van der Waals surface area (Å²) in [6, 6.07) is 0.637. The molecule has 0 aromatic carbocycles. The topological polar surface area (TPSA) is 21.3 Å². The van der Waals surface area contributed by atoms with Crippen molar-refractivity contribution in [3.63, 3.8) is 0 Å². The molecule has 5 atom stereocenters. The normalized spacial score (nSPS) is 38.0. The van der Waals surface area contributed by atoms with Crippen molar-refractivity contribution in [1.29, 1.82) is 0 Å². The number of likely N-dealkylation sites (N-methyl/N-ethyl adjacent to an activating group) is 1. The van der Waals surface area contributed by atoms with Gasteiger partial charge in [-0.05, 0) is 69.2 Å². The van der Waals surface area contributed by atoms with Crippen LogP contribution < -0.4 is 5.32 Å². The molecular weight excluding hydrogens is 222 g/mol. The number of nitrogens with one attached hydrogen (secondary N) is 1. The van der Waals surface area contributed by atoms with Crippen LogP contribution in [0.1, 0.15) is 52.4 Å². The predicted molar refractivity (Wildman–Crippen MR) is 74.5 cm³/mol. The molecule has 0 aliphatic heterocycles. The Bertz CT molecular complexity index is 274. The summed E-state index contributed by atoms with van der Waals surface area (Å²) in [6.07, 6.45) is 9.26. The molecule has 0 amide bonds. The van der Waals surface area contributed by atoms with Gasteiger partial charge in [0.2, 0.25) is 0 Å². The first-order chi connectivity index (χ1) is 8.83. The van der Waals surface area contributed by atoms with E-state index >= 15 is 0 Å². The van der Waals surface area contributed by atoms with E-state index in [1.54, 1.807) is 0 Å². The van der Waals surface area contributed by atoms with Gasteiger partial charge in [-0.3, -0.25) is 0 Å². The van der Waals surface area contributed by atoms with Gasteiger partial charge >= 0.3 is 0 Å². The lowest BCUT2D eigenvalue weighted by atomic mass is 9.80. The Labute approximate surface area is 112 Å². The molecule has 3 aliphatic carbocycles. The third-order valence-corrected chi connectivity index (χ3v) is 5.49. The van der Waals surface area contributed by atoms with Crippen LogP contribution in [0.2, 0.25) is 0 Å². The van der Waals surface area contributed by atoms with E-state index in [-0.39, 0.29) is 0 Å². The van der Waals surface area contributed by atoms with Crippen molar-refractivity contribution in [3.05, 3.63) is 0 Å². The largest absolute Gasteiger partial charge is 0.377 e. The van der Waals surface area contributed by atoms with E-state index in [0.29, 0.717) is 12.1 Å². The Morgan fingerprint density at radius 3 is 2.44 bits per heavy atom. The average Bonchev–Trinajstić information content (AvgIpc) is 3.00. The van der Waals surface area contributed by atoms with Gasteiger partial charge < -0.3 is 10.1 Å². The Kier molecular flexibility index (Phi) is 3.95. The maximum atomic E-state index is 6.14. The molecule has 0 radical (unpaired) electrons. The fraction of sp³-hybridized carbons (Fsp3) is 1.00. The van der Waals surface area contributed by atoms with Crippen LogP contribution in [-0.2, 0) is 4.74 Å². The molecule has 0 spiro atoms. The number of fused-ring (bicyclic) bond motifs is 2. The maximum absolute atomic E-state index is 6.14. The van der Waals surface area contributed by atoms with Crippen LogP contribution >= 0.6 is 0 Å². The fourth-order valence-electron chi connectivity index (χ4n) is 4.63. The first kappa shape index (κ1) is 12.9. The monoisotopic (exact) mass is 251 g/mol. The molecule has 0 aromatic heterocycles. The summed E-state index contributed by atoms with van der Waals surface area (Å²) < 4.78 is 6.14. The molecule has 3 saturated carbocycles. The second-order valence-electron chi connectivity index (χ2n) is 6.68. The van der Waals surface area contributed by atoms with E-state index in [1.807, 2.05) is 0 Å². The van der Waals surface area contributed by atoms with Crippen molar-refractivity contribution in [2.75, 3.05) is 13.2 Å². The molecule has 2 nitrogen and oxygen atoms in total. The maximum Gasteiger partial charge on any atom is 0.0758 e. The lowest BCUT2D eigenvalue weighted by Crippen LogP contribution is -2.49. The zero-order chi connectivity index (χ0) is 12.5. The van der Waals surface area contributed by atoms with Crippen LogP contribution in [0.3, 0.4) is 0 Å². The molecule has 2 heteroatoms. The number of rotatable bonds is 7. The van der Waals surface area contributed by atoms with Gasteiger partial charge in [0.15, 0.2) is 0 Å². The number of ether oxygens (including phenoxy) is 1. The molecule has 0 aromatic rings. The van der Waals surface area contributed by atoms with Crippen LogP contribution in [-0.4, -0.2) is 25.3 Å². The Morgan fingerprint density at radius 2 is 1.94 bits per heavy atom. The van der Waals surface area contributed by atoms with Gasteiger partial charge in [0, 0.05) is 12.6 Å². The second kappa shape index (κ2) is 5.50. The van der Waals surface area contributed by atoms with Gasteiger partial charge in [-0.2, -0.15) is 0 Å². The first-order valence-electron chi connectivity index (χ1n) is 8.18. The van der Waals surface area contributed by atoms with Crippen molar-refractivity contribution in [1.82, 2.24) is 5.32 Å². The minimum absolute atomic E-state index is 0.499. The van der Waals surface area contributed by atoms with Crippen molar-refractivity contribution in [2.45, 2.75) is 64.5 Å². The molecule has 0 saturated heterocycles. The van der Waals surface area contributed by atoms with E-state index in [9.17, 15) is 0 Å². The minimum Gasteiger partial charge on any atom is -0.377 e. The Balaban J connectivity index is 1.69. The van der Waals surface area contributed by atoms with E-state index in [1.165, 1.54) is 38.5 Å². The summed E-state index contributed by atoms with van der Waals surface area (Å²) in [5.41, 5.74) is 0. The average molecular weight is 251 g/mol. The van der Waals surface area contributed by atoms with Crippen molar-refractivity contribution in [3.8, 4) is 0 Å². The van der Waals surface area contributed by atoms with Gasteiger partial charge in [0.05, 0.1) is 6.10 Å². The van der Waals surface area contributed by atoms with Gasteiger partial charge in [0.25, 0.3) is 0 Å². The van der Waals surface area contributed by atoms with Gasteiger partial charge in [-0.25, -0.2) is 0 Å². The Hall–Kier alpha value is -0.0800. The van der Waals surface area contributed by atoms with E-state index in [4.69, 9.17) is 4.74 Å². The summed E-state index contributed by atoms with van der Waals surface area (Å²) in [6.45, 7) is 6.37. The lowest BCUT2D eigenvalue weighted by Gasteiger charge is -2.36. The number of hydrogen-bond donors (Lipinski definition) is 1. The molecule has 3 aliphatic rings. The van der Waals surface area contributed by atoms with Gasteiger partial charge in [0.1, 0.15) is 0 Å².